The first-order valence-electron chi connectivity index (χ1n) is 5.06. The number of carbonyl (C=O) groups is 1. The van der Waals surface area contributed by atoms with Crippen LogP contribution in [0.2, 0.25) is 0 Å². The zero-order chi connectivity index (χ0) is 11.1. The highest BCUT2D eigenvalue weighted by Gasteiger charge is 2.00. The predicted octanol–water partition coefficient (Wildman–Crippen LogP) is 2.31. The minimum Gasteiger partial charge on any atom is -0.508 e. The molecule has 1 aromatic rings. The minimum atomic E-state index is -0.242. The Morgan fingerprint density at radius 3 is 2.93 bits per heavy atom. The number of carbonyl (C=O) groups excluding carboxylic acids is 1. The highest BCUT2D eigenvalue weighted by atomic mass is 16.3. The maximum Gasteiger partial charge on any atom is 0.319 e. The first-order chi connectivity index (χ1) is 7.22. The average molecular weight is 208 g/mol. The molecule has 3 N–H and O–H groups in total. The number of nitrogens with one attached hydrogen (secondary N) is 2. The lowest BCUT2D eigenvalue weighted by Crippen LogP contribution is -2.29. The first kappa shape index (κ1) is 11.4. The number of benzene rings is 1. The van der Waals surface area contributed by atoms with Crippen molar-refractivity contribution < 1.29 is 9.90 Å². The van der Waals surface area contributed by atoms with Crippen LogP contribution in [-0.2, 0) is 0 Å². The van der Waals surface area contributed by atoms with Gasteiger partial charge in [0.15, 0.2) is 0 Å². The molecule has 1 aromatic carbocycles. The minimum absolute atomic E-state index is 0.140. The number of urea groups is 1. The van der Waals surface area contributed by atoms with E-state index >= 15 is 0 Å². The van der Waals surface area contributed by atoms with Crippen LogP contribution in [0.3, 0.4) is 0 Å². The summed E-state index contributed by atoms with van der Waals surface area (Å²) < 4.78 is 0. The lowest BCUT2D eigenvalue weighted by Gasteiger charge is -2.06. The van der Waals surface area contributed by atoms with Crippen molar-refractivity contribution in [3.8, 4) is 5.75 Å². The molecular formula is C11H16N2O2. The van der Waals surface area contributed by atoms with Crippen LogP contribution >= 0.6 is 0 Å². The number of anilines is 1. The maximum absolute atomic E-state index is 11.3. The van der Waals surface area contributed by atoms with Crippen LogP contribution in [0.5, 0.6) is 5.75 Å². The molecule has 0 saturated heterocycles. The van der Waals surface area contributed by atoms with Gasteiger partial charge in [0.05, 0.1) is 0 Å². The Morgan fingerprint density at radius 2 is 2.27 bits per heavy atom. The molecule has 0 unspecified atom stereocenters. The molecule has 0 aliphatic heterocycles. The van der Waals surface area contributed by atoms with E-state index in [2.05, 4.69) is 17.6 Å². The van der Waals surface area contributed by atoms with Gasteiger partial charge < -0.3 is 15.7 Å². The van der Waals surface area contributed by atoms with E-state index in [1.165, 1.54) is 6.07 Å². The molecule has 4 heteroatoms. The normalized spacial score (nSPS) is 9.67. The number of amides is 2. The van der Waals surface area contributed by atoms with Crippen LogP contribution in [0.15, 0.2) is 24.3 Å². The van der Waals surface area contributed by atoms with Crippen LogP contribution in [-0.4, -0.2) is 17.7 Å². The second-order valence-corrected chi connectivity index (χ2v) is 3.28. The van der Waals surface area contributed by atoms with E-state index in [0.29, 0.717) is 12.2 Å². The van der Waals surface area contributed by atoms with E-state index in [-0.39, 0.29) is 11.8 Å². The summed E-state index contributed by atoms with van der Waals surface area (Å²) in [5.74, 6) is 0.140. The van der Waals surface area contributed by atoms with Crippen molar-refractivity contribution >= 4 is 11.7 Å². The fraction of sp³-hybridized carbons (Fsp3) is 0.364. The Hall–Kier alpha value is -1.71. The van der Waals surface area contributed by atoms with Gasteiger partial charge in [0.2, 0.25) is 0 Å². The number of phenols is 1. The van der Waals surface area contributed by atoms with Crippen molar-refractivity contribution in [1.82, 2.24) is 5.32 Å². The van der Waals surface area contributed by atoms with Crippen LogP contribution in [0.1, 0.15) is 19.8 Å². The van der Waals surface area contributed by atoms with Crippen molar-refractivity contribution in [2.45, 2.75) is 19.8 Å². The Morgan fingerprint density at radius 1 is 1.47 bits per heavy atom. The molecular weight excluding hydrogens is 192 g/mol. The highest BCUT2D eigenvalue weighted by Crippen LogP contribution is 2.14. The molecule has 0 heterocycles. The summed E-state index contributed by atoms with van der Waals surface area (Å²) in [5, 5.41) is 14.5. The SMILES string of the molecule is CCCCNC(=O)Nc1cccc(O)c1. The first-order valence-corrected chi connectivity index (χ1v) is 5.06. The van der Waals surface area contributed by atoms with Crippen molar-refractivity contribution in [3.63, 3.8) is 0 Å². The highest BCUT2D eigenvalue weighted by molar-refractivity contribution is 5.89. The molecule has 0 bridgehead atoms. The predicted molar refractivity (Wildman–Crippen MR) is 60.0 cm³/mol. The number of hydrogen-bond donors (Lipinski definition) is 3. The summed E-state index contributed by atoms with van der Waals surface area (Å²) in [6.07, 6.45) is 2.01. The van der Waals surface area contributed by atoms with E-state index in [1.54, 1.807) is 18.2 Å². The van der Waals surface area contributed by atoms with Gasteiger partial charge in [-0.15, -0.1) is 0 Å². The molecule has 15 heavy (non-hydrogen) atoms. The Kier molecular flexibility index (Phi) is 4.47. The molecule has 0 aliphatic rings. The maximum atomic E-state index is 11.3. The summed E-state index contributed by atoms with van der Waals surface area (Å²) in [6, 6.07) is 6.21. The summed E-state index contributed by atoms with van der Waals surface area (Å²) in [7, 11) is 0. The number of hydrogen-bond acceptors (Lipinski definition) is 2. The molecule has 0 saturated carbocycles. The topological polar surface area (TPSA) is 61.4 Å². The van der Waals surface area contributed by atoms with Crippen molar-refractivity contribution in [3.05, 3.63) is 24.3 Å². The van der Waals surface area contributed by atoms with E-state index in [9.17, 15) is 4.79 Å². The zero-order valence-corrected chi connectivity index (χ0v) is 8.79. The summed E-state index contributed by atoms with van der Waals surface area (Å²) >= 11 is 0. The largest absolute Gasteiger partial charge is 0.508 e. The van der Waals surface area contributed by atoms with Gasteiger partial charge >= 0.3 is 6.03 Å². The van der Waals surface area contributed by atoms with Crippen LogP contribution in [0, 0.1) is 0 Å². The molecule has 0 aliphatic carbocycles. The molecule has 2 amide bonds. The fourth-order valence-corrected chi connectivity index (χ4v) is 1.14. The lowest BCUT2D eigenvalue weighted by atomic mass is 10.3. The lowest BCUT2D eigenvalue weighted by molar-refractivity contribution is 0.252. The van der Waals surface area contributed by atoms with Gasteiger partial charge in [0.1, 0.15) is 5.75 Å². The third-order valence-corrected chi connectivity index (χ3v) is 1.92. The Balaban J connectivity index is 2.37. The summed E-state index contributed by atoms with van der Waals surface area (Å²) in [4.78, 5) is 11.3. The number of rotatable bonds is 4. The van der Waals surface area contributed by atoms with Gasteiger partial charge in [-0.3, -0.25) is 0 Å². The van der Waals surface area contributed by atoms with E-state index in [4.69, 9.17) is 5.11 Å². The van der Waals surface area contributed by atoms with Gasteiger partial charge in [-0.25, -0.2) is 4.79 Å². The van der Waals surface area contributed by atoms with Crippen molar-refractivity contribution in [2.24, 2.45) is 0 Å². The third-order valence-electron chi connectivity index (χ3n) is 1.92. The molecule has 82 valence electrons. The molecule has 1 rings (SSSR count). The second kappa shape index (κ2) is 5.90. The third kappa shape index (κ3) is 4.35. The van der Waals surface area contributed by atoms with Crippen molar-refractivity contribution in [2.75, 3.05) is 11.9 Å². The standard InChI is InChI=1S/C11H16N2O2/c1-2-3-7-12-11(15)13-9-5-4-6-10(14)8-9/h4-6,8,14H,2-3,7H2,1H3,(H2,12,13,15). The molecule has 0 aromatic heterocycles. The average Bonchev–Trinajstić information content (AvgIpc) is 2.18. The van der Waals surface area contributed by atoms with Gasteiger partial charge in [-0.2, -0.15) is 0 Å². The zero-order valence-electron chi connectivity index (χ0n) is 8.79. The second-order valence-electron chi connectivity index (χ2n) is 3.28. The molecule has 0 fully saturated rings. The Bertz CT molecular complexity index is 326. The molecule has 0 spiro atoms. The number of aromatic hydroxyl groups is 1. The summed E-state index contributed by atoms with van der Waals surface area (Å²) in [5.41, 5.74) is 0.587. The van der Waals surface area contributed by atoms with Crippen LogP contribution < -0.4 is 10.6 Å². The molecule has 0 atom stereocenters. The number of phenolic OH excluding ortho intramolecular Hbond substituents is 1. The quantitative estimate of drug-likeness (QED) is 0.665. The molecule has 0 radical (unpaired) electrons. The monoisotopic (exact) mass is 208 g/mol. The van der Waals surface area contributed by atoms with Gasteiger partial charge in [-0.1, -0.05) is 19.4 Å². The van der Waals surface area contributed by atoms with Crippen LogP contribution in [0.4, 0.5) is 10.5 Å². The van der Waals surface area contributed by atoms with Gasteiger partial charge in [-0.05, 0) is 18.6 Å². The smallest absolute Gasteiger partial charge is 0.319 e. The van der Waals surface area contributed by atoms with Gasteiger partial charge in [0.25, 0.3) is 0 Å². The Labute approximate surface area is 89.3 Å². The van der Waals surface area contributed by atoms with E-state index < -0.39 is 0 Å². The number of unbranched alkanes of at least 4 members (excludes halogenated alkanes) is 1. The van der Waals surface area contributed by atoms with E-state index in [1.807, 2.05) is 0 Å². The van der Waals surface area contributed by atoms with E-state index in [0.717, 1.165) is 12.8 Å². The summed E-state index contributed by atoms with van der Waals surface area (Å²) in [6.45, 7) is 2.73. The van der Waals surface area contributed by atoms with Crippen LogP contribution in [0.25, 0.3) is 0 Å². The fourth-order valence-electron chi connectivity index (χ4n) is 1.14. The van der Waals surface area contributed by atoms with Gasteiger partial charge in [0, 0.05) is 18.3 Å². The van der Waals surface area contributed by atoms with Crippen molar-refractivity contribution in [1.29, 1.82) is 0 Å². The molecule has 4 nitrogen and oxygen atoms in total.